The number of hydrogen-bond acceptors (Lipinski definition) is 5. The molecule has 0 aliphatic carbocycles. The van der Waals surface area contributed by atoms with Crippen molar-refractivity contribution in [3.8, 4) is 0 Å². The van der Waals surface area contributed by atoms with E-state index in [0.717, 1.165) is 4.90 Å². The van der Waals surface area contributed by atoms with Crippen LogP contribution < -0.4 is 0 Å². The van der Waals surface area contributed by atoms with Crippen molar-refractivity contribution in [1.82, 2.24) is 9.80 Å². The molecule has 2 rings (SSSR count). The smallest absolute Gasteiger partial charge is 0.326 e. The molecule has 0 bridgehead atoms. The van der Waals surface area contributed by atoms with Crippen molar-refractivity contribution >= 4 is 21.8 Å². The first kappa shape index (κ1) is 15.0. The second kappa shape index (κ2) is 5.21. The number of amides is 2. The first-order chi connectivity index (χ1) is 9.21. The molecule has 8 nitrogen and oxygen atoms in total. The van der Waals surface area contributed by atoms with Gasteiger partial charge in [-0.05, 0) is 6.42 Å². The van der Waals surface area contributed by atoms with Gasteiger partial charge in [-0.2, -0.15) is 0 Å². The Bertz CT molecular complexity index is 519. The van der Waals surface area contributed by atoms with Crippen LogP contribution in [0.5, 0.6) is 0 Å². The number of sulfone groups is 1. The van der Waals surface area contributed by atoms with Gasteiger partial charge in [0.1, 0.15) is 6.04 Å². The summed E-state index contributed by atoms with van der Waals surface area (Å²) in [5.41, 5.74) is 0. The van der Waals surface area contributed by atoms with E-state index in [1.807, 2.05) is 0 Å². The van der Waals surface area contributed by atoms with E-state index in [1.165, 1.54) is 11.9 Å². The van der Waals surface area contributed by atoms with Gasteiger partial charge in [-0.25, -0.2) is 18.0 Å². The summed E-state index contributed by atoms with van der Waals surface area (Å²) >= 11 is 0. The lowest BCUT2D eigenvalue weighted by Crippen LogP contribution is -2.50. The molecule has 2 amide bonds. The lowest BCUT2D eigenvalue weighted by molar-refractivity contribution is -0.141. The zero-order chi connectivity index (χ0) is 15.1. The van der Waals surface area contributed by atoms with E-state index in [-0.39, 0.29) is 24.5 Å². The molecule has 0 spiro atoms. The van der Waals surface area contributed by atoms with E-state index in [4.69, 9.17) is 5.11 Å². The first-order valence-electron chi connectivity index (χ1n) is 6.36. The molecular formula is C11H18N2O6S. The van der Waals surface area contributed by atoms with Crippen molar-refractivity contribution in [3.05, 3.63) is 0 Å². The minimum atomic E-state index is -3.12. The van der Waals surface area contributed by atoms with Gasteiger partial charge < -0.3 is 20.0 Å². The molecule has 0 saturated carbocycles. The highest BCUT2D eigenvalue weighted by Gasteiger charge is 2.42. The highest BCUT2D eigenvalue weighted by Crippen LogP contribution is 2.23. The molecular weight excluding hydrogens is 288 g/mol. The summed E-state index contributed by atoms with van der Waals surface area (Å²) in [6.45, 7) is -0.0421. The molecule has 9 heteroatoms. The highest BCUT2D eigenvalue weighted by atomic mass is 32.2. The van der Waals surface area contributed by atoms with Gasteiger partial charge >= 0.3 is 12.0 Å². The number of carbonyl (C=O) groups excluding carboxylic acids is 1. The van der Waals surface area contributed by atoms with Crippen molar-refractivity contribution in [3.63, 3.8) is 0 Å². The van der Waals surface area contributed by atoms with Crippen LogP contribution in [0.25, 0.3) is 0 Å². The number of urea groups is 1. The Balaban J connectivity index is 2.08. The third-order valence-corrected chi connectivity index (χ3v) is 5.62. The van der Waals surface area contributed by atoms with Gasteiger partial charge in [-0.1, -0.05) is 0 Å². The number of carboxylic acids is 1. The zero-order valence-corrected chi connectivity index (χ0v) is 11.9. The lowest BCUT2D eigenvalue weighted by atomic mass is 10.2. The summed E-state index contributed by atoms with van der Waals surface area (Å²) in [6.07, 6.45) is -0.503. The minimum absolute atomic E-state index is 0.00210. The molecule has 2 aliphatic heterocycles. The molecule has 2 unspecified atom stereocenters. The Morgan fingerprint density at radius 3 is 2.50 bits per heavy atom. The molecule has 0 aromatic rings. The Hall–Kier alpha value is -1.35. The number of carboxylic acid groups (broad SMARTS) is 1. The third kappa shape index (κ3) is 2.88. The summed E-state index contributed by atoms with van der Waals surface area (Å²) < 4.78 is 22.9. The van der Waals surface area contributed by atoms with Crippen LogP contribution in [0.2, 0.25) is 0 Å². The van der Waals surface area contributed by atoms with Gasteiger partial charge in [-0.15, -0.1) is 0 Å². The van der Waals surface area contributed by atoms with Crippen molar-refractivity contribution in [2.45, 2.75) is 31.0 Å². The number of likely N-dealkylation sites (tertiary alicyclic amines) is 1. The second-order valence-corrected chi connectivity index (χ2v) is 7.57. The Labute approximate surface area is 116 Å². The fourth-order valence-electron chi connectivity index (χ4n) is 2.70. The summed E-state index contributed by atoms with van der Waals surface area (Å²) in [5.74, 6) is -1.22. The predicted octanol–water partition coefficient (Wildman–Crippen LogP) is -1.25. The topological polar surface area (TPSA) is 115 Å². The highest BCUT2D eigenvalue weighted by molar-refractivity contribution is 7.91. The van der Waals surface area contributed by atoms with Crippen LogP contribution in [-0.4, -0.2) is 83.7 Å². The van der Waals surface area contributed by atoms with E-state index in [0.29, 0.717) is 6.42 Å². The van der Waals surface area contributed by atoms with Gasteiger partial charge in [0.2, 0.25) is 0 Å². The number of carbonyl (C=O) groups is 2. The van der Waals surface area contributed by atoms with Crippen molar-refractivity contribution in [1.29, 1.82) is 0 Å². The fourth-order valence-corrected chi connectivity index (χ4v) is 4.47. The Morgan fingerprint density at radius 1 is 1.35 bits per heavy atom. The molecule has 2 fully saturated rings. The van der Waals surface area contributed by atoms with Crippen LogP contribution in [0.15, 0.2) is 0 Å². The van der Waals surface area contributed by atoms with E-state index in [1.54, 1.807) is 0 Å². The van der Waals surface area contributed by atoms with E-state index < -0.39 is 40.0 Å². The second-order valence-electron chi connectivity index (χ2n) is 5.35. The largest absolute Gasteiger partial charge is 0.480 e. The van der Waals surface area contributed by atoms with Crippen LogP contribution in [0.4, 0.5) is 4.79 Å². The standard InChI is InChI=1S/C11H18N2O6S/c1-12(7-2-3-20(18,19)6-7)11(17)13-5-8(14)4-9(13)10(15)16/h7-9,14H,2-6H2,1H3,(H,15,16)/t7?,8?,9-/m0/s1. The van der Waals surface area contributed by atoms with Crippen molar-refractivity contribution in [2.75, 3.05) is 25.1 Å². The number of hydrogen-bond donors (Lipinski definition) is 2. The Kier molecular flexibility index (Phi) is 3.92. The van der Waals surface area contributed by atoms with Crippen LogP contribution in [0.1, 0.15) is 12.8 Å². The van der Waals surface area contributed by atoms with Gasteiger partial charge in [0.15, 0.2) is 9.84 Å². The number of rotatable bonds is 2. The maximum Gasteiger partial charge on any atom is 0.326 e. The summed E-state index contributed by atoms with van der Waals surface area (Å²) in [7, 11) is -1.65. The van der Waals surface area contributed by atoms with E-state index in [2.05, 4.69) is 0 Å². The molecule has 2 saturated heterocycles. The van der Waals surface area contributed by atoms with Crippen LogP contribution in [-0.2, 0) is 14.6 Å². The average molecular weight is 306 g/mol. The molecule has 0 radical (unpaired) electrons. The summed E-state index contributed by atoms with van der Waals surface area (Å²) in [6, 6.07) is -2.03. The minimum Gasteiger partial charge on any atom is -0.480 e. The molecule has 3 atom stereocenters. The van der Waals surface area contributed by atoms with Crippen LogP contribution >= 0.6 is 0 Å². The van der Waals surface area contributed by atoms with Crippen LogP contribution in [0, 0.1) is 0 Å². The Morgan fingerprint density at radius 2 is 2.00 bits per heavy atom. The fraction of sp³-hybridized carbons (Fsp3) is 0.818. The number of nitrogens with zero attached hydrogens (tertiary/aromatic N) is 2. The third-order valence-electron chi connectivity index (χ3n) is 3.87. The maximum atomic E-state index is 12.3. The van der Waals surface area contributed by atoms with E-state index in [9.17, 15) is 23.1 Å². The molecule has 20 heavy (non-hydrogen) atoms. The lowest BCUT2D eigenvalue weighted by Gasteiger charge is -2.30. The van der Waals surface area contributed by atoms with Crippen molar-refractivity contribution in [2.24, 2.45) is 0 Å². The SMILES string of the molecule is CN(C(=O)N1CC(O)C[C@H]1C(=O)O)C1CCS(=O)(=O)C1. The number of aliphatic hydroxyl groups excluding tert-OH is 1. The van der Waals surface area contributed by atoms with Gasteiger partial charge in [0.05, 0.1) is 17.6 Å². The number of β-amino-alcohol motifs (C(OH)–C–C–N with tert-alkyl or cyclic N) is 1. The van der Waals surface area contributed by atoms with E-state index >= 15 is 0 Å². The van der Waals surface area contributed by atoms with Crippen molar-refractivity contribution < 1.29 is 28.2 Å². The predicted molar refractivity (Wildman–Crippen MR) is 69.0 cm³/mol. The number of aliphatic carboxylic acids is 1. The zero-order valence-electron chi connectivity index (χ0n) is 11.1. The molecule has 2 N–H and O–H groups in total. The molecule has 2 aliphatic rings. The van der Waals surface area contributed by atoms with Crippen LogP contribution in [0.3, 0.4) is 0 Å². The quantitative estimate of drug-likeness (QED) is 0.658. The van der Waals surface area contributed by atoms with Gasteiger partial charge in [0.25, 0.3) is 0 Å². The summed E-state index contributed by atoms with van der Waals surface area (Å²) in [4.78, 5) is 25.7. The first-order valence-corrected chi connectivity index (χ1v) is 8.18. The number of aliphatic hydroxyl groups is 1. The average Bonchev–Trinajstić information content (AvgIpc) is 2.90. The molecule has 0 aromatic carbocycles. The molecule has 2 heterocycles. The van der Waals surface area contributed by atoms with Gasteiger partial charge in [-0.3, -0.25) is 0 Å². The molecule has 0 aromatic heterocycles. The normalized spacial score (nSPS) is 32.3. The van der Waals surface area contributed by atoms with Gasteiger partial charge in [0, 0.05) is 26.1 Å². The maximum absolute atomic E-state index is 12.3. The monoisotopic (exact) mass is 306 g/mol. The summed E-state index contributed by atoms with van der Waals surface area (Å²) in [5, 5.41) is 18.6. The molecule has 114 valence electrons.